The summed E-state index contributed by atoms with van der Waals surface area (Å²) in [6.07, 6.45) is 0. The average molecular weight is 297 g/mol. The lowest BCUT2D eigenvalue weighted by Crippen LogP contribution is -2.39. The van der Waals surface area contributed by atoms with Crippen LogP contribution < -0.4 is 0 Å². The van der Waals surface area contributed by atoms with Crippen molar-refractivity contribution in [1.29, 1.82) is 0 Å². The van der Waals surface area contributed by atoms with Crippen molar-refractivity contribution < 1.29 is 26.7 Å². The van der Waals surface area contributed by atoms with E-state index in [9.17, 15) is 26.7 Å². The molecule has 108 valence electrons. The monoisotopic (exact) mass is 297 g/mol. The molecule has 8 heteroatoms. The number of likely N-dealkylation sites (N-methyl/N-ethyl adjacent to an activating group) is 1. The molecule has 0 fully saturated rings. The van der Waals surface area contributed by atoms with Gasteiger partial charge in [0.1, 0.15) is 0 Å². The predicted molar refractivity (Wildman–Crippen MR) is 62.4 cm³/mol. The number of sulfonamides is 1. The summed E-state index contributed by atoms with van der Waals surface area (Å²) in [5, 5.41) is 9.54. The van der Waals surface area contributed by atoms with Gasteiger partial charge in [0.25, 0.3) is 0 Å². The smallest absolute Gasteiger partial charge is 0.243 e. The molecule has 0 saturated heterocycles. The first-order valence-corrected chi connectivity index (χ1v) is 6.72. The molecule has 1 N–H and O–H groups in total. The molecule has 0 aliphatic rings. The van der Waals surface area contributed by atoms with Crippen molar-refractivity contribution in [2.24, 2.45) is 0 Å². The van der Waals surface area contributed by atoms with Crippen LogP contribution in [0.4, 0.5) is 13.2 Å². The third kappa shape index (κ3) is 3.68. The van der Waals surface area contributed by atoms with E-state index in [2.05, 4.69) is 0 Å². The molecule has 0 aliphatic heterocycles. The molecular weight excluding hydrogens is 283 g/mol. The minimum atomic E-state index is -4.21. The van der Waals surface area contributed by atoms with Gasteiger partial charge >= 0.3 is 0 Å². The highest BCUT2D eigenvalue weighted by molar-refractivity contribution is 7.89. The fraction of sp³-hybridized carbons (Fsp3) is 0.455. The van der Waals surface area contributed by atoms with Crippen molar-refractivity contribution in [1.82, 2.24) is 4.31 Å². The van der Waals surface area contributed by atoms with Crippen LogP contribution >= 0.6 is 0 Å². The van der Waals surface area contributed by atoms with Crippen molar-refractivity contribution in [2.75, 3.05) is 13.6 Å². The van der Waals surface area contributed by atoms with E-state index in [1.165, 1.54) is 13.8 Å². The first kappa shape index (κ1) is 15.9. The Morgan fingerprint density at radius 3 is 2.00 bits per heavy atom. The van der Waals surface area contributed by atoms with Crippen LogP contribution in [0.15, 0.2) is 17.0 Å². The molecule has 1 aromatic rings. The van der Waals surface area contributed by atoms with Crippen LogP contribution in [0.3, 0.4) is 0 Å². The summed E-state index contributed by atoms with van der Waals surface area (Å²) in [6.45, 7) is 2.48. The summed E-state index contributed by atoms with van der Waals surface area (Å²) in [7, 11) is -3.06. The Hall–Kier alpha value is -1.12. The summed E-state index contributed by atoms with van der Waals surface area (Å²) in [4.78, 5) is -0.712. The van der Waals surface area contributed by atoms with E-state index in [-0.39, 0.29) is 6.54 Å². The summed E-state index contributed by atoms with van der Waals surface area (Å²) >= 11 is 0. The zero-order chi connectivity index (χ0) is 15.0. The first-order chi connectivity index (χ1) is 8.45. The number of halogens is 3. The molecule has 0 aromatic heterocycles. The second kappa shape index (κ2) is 5.10. The van der Waals surface area contributed by atoms with Gasteiger partial charge in [0.05, 0.1) is 10.5 Å². The molecule has 0 saturated carbocycles. The molecular formula is C11H14F3NO3S. The molecule has 0 aliphatic carbocycles. The lowest BCUT2D eigenvalue weighted by Gasteiger charge is -2.25. The number of hydrogen-bond acceptors (Lipinski definition) is 3. The standard InChI is InChI=1S/C11H14F3NO3S/c1-11(2,16)6-15(3)19(17,18)7-4-8(12)10(14)9(13)5-7/h4-5,16H,6H2,1-3H3. The number of hydrogen-bond donors (Lipinski definition) is 1. The molecule has 0 radical (unpaired) electrons. The van der Waals surface area contributed by atoms with Gasteiger partial charge in [0, 0.05) is 13.6 Å². The molecule has 1 rings (SSSR count). The van der Waals surface area contributed by atoms with Crippen LogP contribution in [-0.2, 0) is 10.0 Å². The van der Waals surface area contributed by atoms with Crippen LogP contribution in [0, 0.1) is 17.5 Å². The van der Waals surface area contributed by atoms with Gasteiger partial charge in [0.2, 0.25) is 10.0 Å². The van der Waals surface area contributed by atoms with E-state index in [0.717, 1.165) is 11.4 Å². The zero-order valence-electron chi connectivity index (χ0n) is 10.6. The van der Waals surface area contributed by atoms with Crippen LogP contribution in [-0.4, -0.2) is 37.0 Å². The van der Waals surface area contributed by atoms with Gasteiger partial charge in [-0.3, -0.25) is 0 Å². The van der Waals surface area contributed by atoms with Gasteiger partial charge in [-0.15, -0.1) is 0 Å². The second-order valence-electron chi connectivity index (χ2n) is 4.77. The molecule has 0 bridgehead atoms. The molecule has 19 heavy (non-hydrogen) atoms. The highest BCUT2D eigenvalue weighted by atomic mass is 32.2. The maximum absolute atomic E-state index is 13.0. The SMILES string of the molecule is CN(CC(C)(C)O)S(=O)(=O)c1cc(F)c(F)c(F)c1. The topological polar surface area (TPSA) is 57.6 Å². The quantitative estimate of drug-likeness (QED) is 0.857. The molecule has 0 atom stereocenters. The van der Waals surface area contributed by atoms with Gasteiger partial charge in [-0.2, -0.15) is 4.31 Å². The van der Waals surface area contributed by atoms with E-state index >= 15 is 0 Å². The maximum atomic E-state index is 13.0. The Labute approximate surface area is 109 Å². The van der Waals surface area contributed by atoms with Gasteiger partial charge in [-0.25, -0.2) is 21.6 Å². The third-order valence-electron chi connectivity index (χ3n) is 2.28. The number of nitrogens with zero attached hydrogens (tertiary/aromatic N) is 1. The Bertz CT molecular complexity index is 558. The number of benzene rings is 1. The van der Waals surface area contributed by atoms with E-state index < -0.39 is 38.0 Å². The van der Waals surface area contributed by atoms with Crippen molar-refractivity contribution in [3.8, 4) is 0 Å². The van der Waals surface area contributed by atoms with Crippen molar-refractivity contribution in [3.63, 3.8) is 0 Å². The van der Waals surface area contributed by atoms with Gasteiger partial charge in [-0.05, 0) is 26.0 Å². The van der Waals surface area contributed by atoms with Crippen LogP contribution in [0.25, 0.3) is 0 Å². The normalized spacial score (nSPS) is 13.1. The second-order valence-corrected chi connectivity index (χ2v) is 6.82. The lowest BCUT2D eigenvalue weighted by molar-refractivity contribution is 0.0640. The molecule has 1 aromatic carbocycles. The largest absolute Gasteiger partial charge is 0.389 e. The Balaban J connectivity index is 3.21. The Morgan fingerprint density at radius 1 is 1.21 bits per heavy atom. The van der Waals surface area contributed by atoms with Gasteiger partial charge < -0.3 is 5.11 Å². The first-order valence-electron chi connectivity index (χ1n) is 5.28. The summed E-state index contributed by atoms with van der Waals surface area (Å²) in [5.74, 6) is -4.91. The fourth-order valence-electron chi connectivity index (χ4n) is 1.49. The molecule has 0 spiro atoms. The maximum Gasteiger partial charge on any atom is 0.243 e. The molecule has 0 unspecified atom stereocenters. The number of rotatable bonds is 4. The van der Waals surface area contributed by atoms with Crippen molar-refractivity contribution in [3.05, 3.63) is 29.6 Å². The average Bonchev–Trinajstić information content (AvgIpc) is 2.22. The third-order valence-corrected chi connectivity index (χ3v) is 4.06. The predicted octanol–water partition coefficient (Wildman–Crippen LogP) is 1.50. The highest BCUT2D eigenvalue weighted by Gasteiger charge is 2.28. The summed E-state index contributed by atoms with van der Waals surface area (Å²) < 4.78 is 63.5. The fourth-order valence-corrected chi connectivity index (χ4v) is 2.84. The van der Waals surface area contributed by atoms with E-state index in [1.807, 2.05) is 0 Å². The highest BCUT2D eigenvalue weighted by Crippen LogP contribution is 2.21. The summed E-state index contributed by atoms with van der Waals surface area (Å²) in [5.41, 5.74) is -1.32. The van der Waals surface area contributed by atoms with Crippen LogP contribution in [0.2, 0.25) is 0 Å². The van der Waals surface area contributed by atoms with E-state index in [1.54, 1.807) is 0 Å². The van der Waals surface area contributed by atoms with Crippen molar-refractivity contribution in [2.45, 2.75) is 24.3 Å². The zero-order valence-corrected chi connectivity index (χ0v) is 11.4. The van der Waals surface area contributed by atoms with Gasteiger partial charge in [0.15, 0.2) is 17.5 Å². The van der Waals surface area contributed by atoms with E-state index in [0.29, 0.717) is 12.1 Å². The lowest BCUT2D eigenvalue weighted by atomic mass is 10.1. The van der Waals surface area contributed by atoms with Crippen molar-refractivity contribution >= 4 is 10.0 Å². The number of aliphatic hydroxyl groups is 1. The van der Waals surface area contributed by atoms with Gasteiger partial charge in [-0.1, -0.05) is 0 Å². The molecule has 0 amide bonds. The molecule has 0 heterocycles. The Morgan fingerprint density at radius 2 is 1.63 bits per heavy atom. The van der Waals surface area contributed by atoms with E-state index in [4.69, 9.17) is 0 Å². The van der Waals surface area contributed by atoms with Crippen LogP contribution in [0.1, 0.15) is 13.8 Å². The molecule has 4 nitrogen and oxygen atoms in total. The summed E-state index contributed by atoms with van der Waals surface area (Å²) in [6, 6.07) is 0.795. The van der Waals surface area contributed by atoms with Crippen LogP contribution in [0.5, 0.6) is 0 Å². The minimum absolute atomic E-state index is 0.282. The Kier molecular flexibility index (Phi) is 4.28. The minimum Gasteiger partial charge on any atom is -0.389 e.